The standard InChI is InChI=1S/C23H23N/c1-3-19(20-10-6-4-7-11-20)18-23(2,21-12-8-5-9-13-21)22-14-16-24-17-15-22/h3-17,19H,1,18H2,2H3/t19-,23-/m1/s1. The third-order valence-electron chi connectivity index (χ3n) is 4.87. The Kier molecular flexibility index (Phi) is 4.90. The number of nitrogens with zero attached hydrogens (tertiary/aromatic N) is 1. The van der Waals surface area contributed by atoms with Crippen molar-refractivity contribution >= 4 is 0 Å². The minimum Gasteiger partial charge on any atom is -0.265 e. The van der Waals surface area contributed by atoms with Crippen LogP contribution in [0.15, 0.2) is 97.8 Å². The van der Waals surface area contributed by atoms with Crippen LogP contribution in [0.2, 0.25) is 0 Å². The lowest BCUT2D eigenvalue weighted by molar-refractivity contribution is 0.491. The van der Waals surface area contributed by atoms with Gasteiger partial charge >= 0.3 is 0 Å². The van der Waals surface area contributed by atoms with E-state index in [0.717, 1.165) is 6.42 Å². The van der Waals surface area contributed by atoms with E-state index in [0.29, 0.717) is 5.92 Å². The Hall–Kier alpha value is -2.67. The monoisotopic (exact) mass is 313 g/mol. The molecule has 0 saturated carbocycles. The van der Waals surface area contributed by atoms with Crippen molar-refractivity contribution in [3.8, 4) is 0 Å². The first-order valence-electron chi connectivity index (χ1n) is 8.37. The van der Waals surface area contributed by atoms with Crippen LogP contribution >= 0.6 is 0 Å². The maximum absolute atomic E-state index is 4.19. The normalized spacial score (nSPS) is 14.5. The van der Waals surface area contributed by atoms with E-state index in [9.17, 15) is 0 Å². The maximum atomic E-state index is 4.19. The number of pyridine rings is 1. The van der Waals surface area contributed by atoms with Gasteiger partial charge in [0.2, 0.25) is 0 Å². The average Bonchev–Trinajstić information content (AvgIpc) is 2.68. The molecular formula is C23H23N. The summed E-state index contributed by atoms with van der Waals surface area (Å²) in [5.41, 5.74) is 3.81. The highest BCUT2D eigenvalue weighted by Gasteiger charge is 2.31. The number of hydrogen-bond acceptors (Lipinski definition) is 1. The molecule has 2 aromatic carbocycles. The van der Waals surface area contributed by atoms with Crippen LogP contribution in [0.5, 0.6) is 0 Å². The topological polar surface area (TPSA) is 12.9 Å². The fourth-order valence-electron chi connectivity index (χ4n) is 3.41. The summed E-state index contributed by atoms with van der Waals surface area (Å²) in [6.45, 7) is 6.41. The zero-order chi connectivity index (χ0) is 16.8. The van der Waals surface area contributed by atoms with Gasteiger partial charge in [0.15, 0.2) is 0 Å². The molecule has 24 heavy (non-hydrogen) atoms. The second kappa shape index (κ2) is 7.27. The zero-order valence-electron chi connectivity index (χ0n) is 14.1. The van der Waals surface area contributed by atoms with Gasteiger partial charge in [0.25, 0.3) is 0 Å². The second-order valence-electron chi connectivity index (χ2n) is 6.39. The molecule has 0 aliphatic heterocycles. The Balaban J connectivity index is 2.04. The van der Waals surface area contributed by atoms with Crippen LogP contribution in [0.25, 0.3) is 0 Å². The predicted octanol–water partition coefficient (Wildman–Crippen LogP) is 5.75. The molecule has 0 aliphatic rings. The van der Waals surface area contributed by atoms with Gasteiger partial charge in [-0.1, -0.05) is 73.7 Å². The number of aromatic nitrogens is 1. The van der Waals surface area contributed by atoms with Crippen molar-refractivity contribution in [1.82, 2.24) is 4.98 Å². The summed E-state index contributed by atoms with van der Waals surface area (Å²) in [5, 5.41) is 0. The Morgan fingerprint density at radius 1 is 0.875 bits per heavy atom. The van der Waals surface area contributed by atoms with E-state index in [2.05, 4.69) is 97.4 Å². The van der Waals surface area contributed by atoms with Gasteiger partial charge < -0.3 is 0 Å². The molecule has 0 unspecified atom stereocenters. The molecule has 0 aliphatic carbocycles. The van der Waals surface area contributed by atoms with E-state index in [4.69, 9.17) is 0 Å². The molecule has 1 heteroatoms. The number of benzene rings is 2. The number of allylic oxidation sites excluding steroid dienone is 1. The molecule has 0 saturated heterocycles. The van der Waals surface area contributed by atoms with Crippen LogP contribution in [0.1, 0.15) is 36.0 Å². The van der Waals surface area contributed by atoms with E-state index in [1.807, 2.05) is 12.4 Å². The predicted molar refractivity (Wildman–Crippen MR) is 101 cm³/mol. The third kappa shape index (κ3) is 3.30. The molecular weight excluding hydrogens is 290 g/mol. The highest BCUT2D eigenvalue weighted by Crippen LogP contribution is 2.40. The molecule has 1 heterocycles. The smallest absolute Gasteiger partial charge is 0.0270 e. The van der Waals surface area contributed by atoms with Crippen molar-refractivity contribution in [2.24, 2.45) is 0 Å². The Bertz CT molecular complexity index is 723. The van der Waals surface area contributed by atoms with Gasteiger partial charge in [0.05, 0.1) is 0 Å². The van der Waals surface area contributed by atoms with Crippen molar-refractivity contribution in [3.05, 3.63) is 115 Å². The molecule has 120 valence electrons. The fraction of sp³-hybridized carbons (Fsp3) is 0.174. The molecule has 2 atom stereocenters. The van der Waals surface area contributed by atoms with Gasteiger partial charge in [-0.2, -0.15) is 0 Å². The van der Waals surface area contributed by atoms with Gasteiger partial charge in [0.1, 0.15) is 0 Å². The third-order valence-corrected chi connectivity index (χ3v) is 4.87. The van der Waals surface area contributed by atoms with Crippen molar-refractivity contribution in [2.75, 3.05) is 0 Å². The van der Waals surface area contributed by atoms with Crippen molar-refractivity contribution in [3.63, 3.8) is 0 Å². The lowest BCUT2D eigenvalue weighted by Crippen LogP contribution is -2.26. The molecule has 0 radical (unpaired) electrons. The van der Waals surface area contributed by atoms with E-state index < -0.39 is 0 Å². The zero-order valence-corrected chi connectivity index (χ0v) is 14.1. The summed E-state index contributed by atoms with van der Waals surface area (Å²) in [4.78, 5) is 4.19. The summed E-state index contributed by atoms with van der Waals surface area (Å²) in [6, 6.07) is 25.6. The van der Waals surface area contributed by atoms with E-state index >= 15 is 0 Å². The molecule has 0 spiro atoms. The highest BCUT2D eigenvalue weighted by molar-refractivity contribution is 5.39. The first-order valence-corrected chi connectivity index (χ1v) is 8.37. The molecule has 1 nitrogen and oxygen atoms in total. The van der Waals surface area contributed by atoms with Gasteiger partial charge in [-0.15, -0.1) is 6.58 Å². The lowest BCUT2D eigenvalue weighted by Gasteiger charge is -2.34. The molecule has 3 aromatic rings. The Morgan fingerprint density at radius 2 is 1.42 bits per heavy atom. The van der Waals surface area contributed by atoms with Gasteiger partial charge in [-0.05, 0) is 35.2 Å². The first-order chi connectivity index (χ1) is 11.7. The van der Waals surface area contributed by atoms with Gasteiger partial charge in [-0.25, -0.2) is 0 Å². The average molecular weight is 313 g/mol. The van der Waals surface area contributed by atoms with Crippen LogP contribution in [0.4, 0.5) is 0 Å². The van der Waals surface area contributed by atoms with Crippen LogP contribution in [0, 0.1) is 0 Å². The quantitative estimate of drug-likeness (QED) is 0.528. The second-order valence-corrected chi connectivity index (χ2v) is 6.39. The Morgan fingerprint density at radius 3 is 2.00 bits per heavy atom. The highest BCUT2D eigenvalue weighted by atomic mass is 14.6. The minimum absolute atomic E-state index is 0.0983. The van der Waals surface area contributed by atoms with Crippen LogP contribution in [0.3, 0.4) is 0 Å². The first kappa shape index (κ1) is 16.2. The summed E-state index contributed by atoms with van der Waals surface area (Å²) >= 11 is 0. The summed E-state index contributed by atoms with van der Waals surface area (Å²) < 4.78 is 0. The van der Waals surface area contributed by atoms with Gasteiger partial charge in [0, 0.05) is 23.7 Å². The fourth-order valence-corrected chi connectivity index (χ4v) is 3.41. The molecule has 0 N–H and O–H groups in total. The SMILES string of the molecule is C=C[C@H](C[C@](C)(c1ccccc1)c1ccncc1)c1ccccc1. The summed E-state index contributed by atoms with van der Waals surface area (Å²) in [6.07, 6.45) is 6.79. The van der Waals surface area contributed by atoms with E-state index in [1.165, 1.54) is 16.7 Å². The summed E-state index contributed by atoms with van der Waals surface area (Å²) in [5.74, 6) is 0.296. The molecule has 0 fully saturated rings. The van der Waals surface area contributed by atoms with E-state index in [1.54, 1.807) is 0 Å². The maximum Gasteiger partial charge on any atom is 0.0270 e. The van der Waals surface area contributed by atoms with Gasteiger partial charge in [-0.3, -0.25) is 4.98 Å². The summed E-state index contributed by atoms with van der Waals surface area (Å²) in [7, 11) is 0. The van der Waals surface area contributed by atoms with Crippen LogP contribution in [-0.4, -0.2) is 4.98 Å². The lowest BCUT2D eigenvalue weighted by atomic mass is 9.69. The number of rotatable bonds is 6. The van der Waals surface area contributed by atoms with Crippen molar-refractivity contribution in [1.29, 1.82) is 0 Å². The molecule has 3 rings (SSSR count). The largest absolute Gasteiger partial charge is 0.265 e. The molecule has 0 bridgehead atoms. The molecule has 1 aromatic heterocycles. The van der Waals surface area contributed by atoms with E-state index in [-0.39, 0.29) is 5.41 Å². The minimum atomic E-state index is -0.0983. The van der Waals surface area contributed by atoms with Crippen molar-refractivity contribution < 1.29 is 0 Å². The number of hydrogen-bond donors (Lipinski definition) is 0. The Labute approximate surface area is 144 Å². The van der Waals surface area contributed by atoms with Crippen LogP contribution < -0.4 is 0 Å². The van der Waals surface area contributed by atoms with Crippen LogP contribution in [-0.2, 0) is 5.41 Å². The molecule has 0 amide bonds. The van der Waals surface area contributed by atoms with Crippen molar-refractivity contribution in [2.45, 2.75) is 24.7 Å².